The molecule has 1 aromatic rings. The Bertz CT molecular complexity index is 958. The van der Waals surface area contributed by atoms with Crippen LogP contribution in [0.2, 0.25) is 0 Å². The summed E-state index contributed by atoms with van der Waals surface area (Å²) in [5.74, 6) is -0.858. The van der Waals surface area contributed by atoms with Crippen LogP contribution in [0.1, 0.15) is 18.4 Å². The first kappa shape index (κ1) is 22.0. The zero-order valence-electron chi connectivity index (χ0n) is 15.6. The van der Waals surface area contributed by atoms with Gasteiger partial charge in [0.05, 0.1) is 10.5 Å². The predicted octanol–water partition coefficient (Wildman–Crippen LogP) is 0.527. The first-order chi connectivity index (χ1) is 14.0. The van der Waals surface area contributed by atoms with E-state index >= 15 is 0 Å². The van der Waals surface area contributed by atoms with Crippen LogP contribution in [0.5, 0.6) is 0 Å². The molecule has 0 spiro atoms. The maximum Gasteiger partial charge on any atom is 0.417 e. The Labute approximate surface area is 170 Å². The zero-order chi connectivity index (χ0) is 22.1. The second kappa shape index (κ2) is 8.22. The number of rotatable bonds is 5. The standard InChI is InChI=1S/C17H19F3N4O5S/c18-17(19,20)11-3-1-2-4-13(11)30(28,29)24-9-7-23(8-10-24)14(25)6-5-12-15(26)22-16(27)21-12/h1-4,12H,5-10H2,(H2,21,22,26,27). The number of alkyl halides is 3. The molecule has 1 aromatic carbocycles. The first-order valence-corrected chi connectivity index (χ1v) is 10.5. The number of carbonyl (C=O) groups is 3. The molecule has 1 atom stereocenters. The second-order valence-electron chi connectivity index (χ2n) is 6.83. The predicted molar refractivity (Wildman–Crippen MR) is 96.5 cm³/mol. The lowest BCUT2D eigenvalue weighted by atomic mass is 10.1. The molecule has 164 valence electrons. The van der Waals surface area contributed by atoms with Gasteiger partial charge in [0.15, 0.2) is 0 Å². The Morgan fingerprint density at radius 3 is 2.30 bits per heavy atom. The minimum absolute atomic E-state index is 0.00940. The lowest BCUT2D eigenvalue weighted by Gasteiger charge is -2.34. The number of imide groups is 1. The molecule has 0 aromatic heterocycles. The monoisotopic (exact) mass is 448 g/mol. The molecule has 0 aliphatic carbocycles. The molecular weight excluding hydrogens is 429 g/mol. The van der Waals surface area contributed by atoms with Crippen LogP contribution in [0, 0.1) is 0 Å². The van der Waals surface area contributed by atoms with Gasteiger partial charge in [-0.15, -0.1) is 0 Å². The average molecular weight is 448 g/mol. The fraction of sp³-hybridized carbons (Fsp3) is 0.471. The highest BCUT2D eigenvalue weighted by atomic mass is 32.2. The zero-order valence-corrected chi connectivity index (χ0v) is 16.4. The van der Waals surface area contributed by atoms with E-state index in [0.717, 1.165) is 16.4 Å². The highest BCUT2D eigenvalue weighted by molar-refractivity contribution is 7.89. The molecule has 9 nitrogen and oxygen atoms in total. The summed E-state index contributed by atoms with van der Waals surface area (Å²) in [5.41, 5.74) is -1.24. The minimum atomic E-state index is -4.82. The van der Waals surface area contributed by atoms with E-state index in [1.165, 1.54) is 11.0 Å². The fourth-order valence-electron chi connectivity index (χ4n) is 3.33. The van der Waals surface area contributed by atoms with Crippen molar-refractivity contribution in [3.63, 3.8) is 0 Å². The van der Waals surface area contributed by atoms with Crippen LogP contribution in [0.4, 0.5) is 18.0 Å². The molecule has 2 aliphatic heterocycles. The molecule has 1 unspecified atom stereocenters. The Morgan fingerprint density at radius 2 is 1.73 bits per heavy atom. The molecule has 2 N–H and O–H groups in total. The number of halogens is 3. The van der Waals surface area contributed by atoms with Crippen LogP contribution >= 0.6 is 0 Å². The Kier molecular flexibility index (Phi) is 6.04. The number of hydrogen-bond donors (Lipinski definition) is 2. The van der Waals surface area contributed by atoms with Gasteiger partial charge in [-0.2, -0.15) is 17.5 Å². The highest BCUT2D eigenvalue weighted by Crippen LogP contribution is 2.35. The Morgan fingerprint density at radius 1 is 1.10 bits per heavy atom. The van der Waals surface area contributed by atoms with Crippen molar-refractivity contribution in [2.45, 2.75) is 30.0 Å². The van der Waals surface area contributed by atoms with E-state index in [4.69, 9.17) is 0 Å². The molecule has 2 heterocycles. The SMILES string of the molecule is O=C1NC(=O)C(CCC(=O)N2CCN(S(=O)(=O)c3ccccc3C(F)(F)F)CC2)N1. The van der Waals surface area contributed by atoms with E-state index in [1.54, 1.807) is 0 Å². The second-order valence-corrected chi connectivity index (χ2v) is 8.74. The molecule has 2 fully saturated rings. The summed E-state index contributed by atoms with van der Waals surface area (Å²) in [6.45, 7) is -0.285. The van der Waals surface area contributed by atoms with Gasteiger partial charge in [0.2, 0.25) is 15.9 Å². The van der Waals surface area contributed by atoms with Crippen LogP contribution in [0.3, 0.4) is 0 Å². The number of piperazine rings is 1. The smallest absolute Gasteiger partial charge is 0.340 e. The lowest BCUT2D eigenvalue weighted by Crippen LogP contribution is -2.50. The van der Waals surface area contributed by atoms with Crippen molar-refractivity contribution in [1.29, 1.82) is 0 Å². The number of carbonyl (C=O) groups excluding carboxylic acids is 3. The number of nitrogens with one attached hydrogen (secondary N) is 2. The van der Waals surface area contributed by atoms with Crippen LogP contribution in [-0.4, -0.2) is 67.7 Å². The van der Waals surface area contributed by atoms with Crippen molar-refractivity contribution in [1.82, 2.24) is 19.8 Å². The van der Waals surface area contributed by atoms with Crippen LogP contribution in [-0.2, 0) is 25.8 Å². The van der Waals surface area contributed by atoms with Crippen molar-refractivity contribution >= 4 is 27.9 Å². The summed E-state index contributed by atoms with van der Waals surface area (Å²) < 4.78 is 66.0. The summed E-state index contributed by atoms with van der Waals surface area (Å²) in [6.07, 6.45) is -4.76. The van der Waals surface area contributed by atoms with E-state index in [-0.39, 0.29) is 44.9 Å². The summed E-state index contributed by atoms with van der Waals surface area (Å²) in [6, 6.07) is 2.53. The Hall–Kier alpha value is -2.67. The largest absolute Gasteiger partial charge is 0.417 e. The molecular formula is C17H19F3N4O5S. The van der Waals surface area contributed by atoms with Gasteiger partial charge in [0.25, 0.3) is 5.91 Å². The van der Waals surface area contributed by atoms with Gasteiger partial charge in [0.1, 0.15) is 6.04 Å². The molecule has 0 saturated carbocycles. The third-order valence-corrected chi connectivity index (χ3v) is 6.86. The third kappa shape index (κ3) is 4.56. The van der Waals surface area contributed by atoms with Crippen molar-refractivity contribution in [3.05, 3.63) is 29.8 Å². The van der Waals surface area contributed by atoms with E-state index in [1.807, 2.05) is 0 Å². The molecule has 13 heteroatoms. The van der Waals surface area contributed by atoms with Gasteiger partial charge in [-0.1, -0.05) is 12.1 Å². The van der Waals surface area contributed by atoms with Gasteiger partial charge in [-0.25, -0.2) is 13.2 Å². The minimum Gasteiger partial charge on any atom is -0.340 e. The van der Waals surface area contributed by atoms with Crippen molar-refractivity contribution in [2.24, 2.45) is 0 Å². The number of amides is 4. The number of hydrogen-bond acceptors (Lipinski definition) is 5. The van der Waals surface area contributed by atoms with E-state index < -0.39 is 44.6 Å². The molecule has 3 rings (SSSR count). The maximum absolute atomic E-state index is 13.2. The summed E-state index contributed by atoms with van der Waals surface area (Å²) >= 11 is 0. The average Bonchev–Trinajstić information content (AvgIpc) is 3.02. The lowest BCUT2D eigenvalue weighted by molar-refractivity contribution is -0.140. The summed E-state index contributed by atoms with van der Waals surface area (Å²) in [7, 11) is -4.39. The van der Waals surface area contributed by atoms with E-state index in [2.05, 4.69) is 10.6 Å². The van der Waals surface area contributed by atoms with Crippen LogP contribution < -0.4 is 10.6 Å². The number of urea groups is 1. The third-order valence-electron chi connectivity index (χ3n) is 4.91. The summed E-state index contributed by atoms with van der Waals surface area (Å²) in [4.78, 5) is 35.4. The van der Waals surface area contributed by atoms with Gasteiger partial charge < -0.3 is 10.2 Å². The van der Waals surface area contributed by atoms with Crippen LogP contribution in [0.15, 0.2) is 29.2 Å². The van der Waals surface area contributed by atoms with Crippen LogP contribution in [0.25, 0.3) is 0 Å². The van der Waals surface area contributed by atoms with Crippen molar-refractivity contribution in [2.75, 3.05) is 26.2 Å². The number of sulfonamides is 1. The Balaban J connectivity index is 1.61. The number of benzene rings is 1. The molecule has 4 amide bonds. The first-order valence-electron chi connectivity index (χ1n) is 9.05. The van der Waals surface area contributed by atoms with Gasteiger partial charge in [-0.05, 0) is 18.6 Å². The molecule has 2 aliphatic rings. The van der Waals surface area contributed by atoms with Gasteiger partial charge in [-0.3, -0.25) is 14.9 Å². The van der Waals surface area contributed by atoms with Crippen molar-refractivity contribution in [3.8, 4) is 0 Å². The maximum atomic E-state index is 13.2. The molecule has 0 bridgehead atoms. The highest BCUT2D eigenvalue weighted by Gasteiger charge is 2.40. The number of nitrogens with zero attached hydrogens (tertiary/aromatic N) is 2. The van der Waals surface area contributed by atoms with Crippen molar-refractivity contribution < 1.29 is 36.0 Å². The topological polar surface area (TPSA) is 116 Å². The van der Waals surface area contributed by atoms with Gasteiger partial charge >= 0.3 is 12.2 Å². The van der Waals surface area contributed by atoms with E-state index in [9.17, 15) is 36.0 Å². The molecule has 30 heavy (non-hydrogen) atoms. The summed E-state index contributed by atoms with van der Waals surface area (Å²) in [5, 5.41) is 4.43. The normalized spacial score (nSPS) is 20.8. The molecule has 0 radical (unpaired) electrons. The molecule has 2 saturated heterocycles. The fourth-order valence-corrected chi connectivity index (χ4v) is 4.97. The van der Waals surface area contributed by atoms with E-state index in [0.29, 0.717) is 6.07 Å². The quantitative estimate of drug-likeness (QED) is 0.638. The van der Waals surface area contributed by atoms with Gasteiger partial charge in [0, 0.05) is 32.6 Å².